The first-order valence-corrected chi connectivity index (χ1v) is 9.32. The van der Waals surface area contributed by atoms with Crippen LogP contribution in [0.2, 0.25) is 0 Å². The fraction of sp³-hybridized carbons (Fsp3) is 0.588. The largest absolute Gasteiger partial charge is 0.338 e. The monoisotopic (exact) mass is 347 g/mol. The minimum Gasteiger partial charge on any atom is -0.338 e. The van der Waals surface area contributed by atoms with Crippen molar-refractivity contribution in [3.63, 3.8) is 0 Å². The highest BCUT2D eigenvalue weighted by Gasteiger charge is 2.28. The molecule has 2 aromatic heterocycles. The molecule has 1 aliphatic rings. The Morgan fingerprint density at radius 1 is 1.42 bits per heavy atom. The van der Waals surface area contributed by atoms with E-state index in [0.717, 1.165) is 31.0 Å². The van der Waals surface area contributed by atoms with Gasteiger partial charge in [-0.2, -0.15) is 0 Å². The van der Waals surface area contributed by atoms with Gasteiger partial charge in [0.05, 0.1) is 6.04 Å². The zero-order chi connectivity index (χ0) is 17.2. The Morgan fingerprint density at radius 2 is 2.25 bits per heavy atom. The molecule has 7 heteroatoms. The van der Waals surface area contributed by atoms with Crippen molar-refractivity contribution < 1.29 is 4.79 Å². The lowest BCUT2D eigenvalue weighted by atomic mass is 9.86. The van der Waals surface area contributed by atoms with E-state index in [0.29, 0.717) is 13.0 Å². The third-order valence-electron chi connectivity index (χ3n) is 4.29. The maximum Gasteiger partial charge on any atom is 0.315 e. The summed E-state index contributed by atoms with van der Waals surface area (Å²) >= 11 is 1.67. The zero-order valence-corrected chi connectivity index (χ0v) is 15.3. The molecule has 0 aromatic carbocycles. The summed E-state index contributed by atoms with van der Waals surface area (Å²) in [5.74, 6) is 2.04. The first kappa shape index (κ1) is 17.0. The van der Waals surface area contributed by atoms with Gasteiger partial charge in [-0.25, -0.2) is 4.79 Å². The van der Waals surface area contributed by atoms with Gasteiger partial charge in [0, 0.05) is 30.8 Å². The van der Waals surface area contributed by atoms with Crippen LogP contribution in [0.15, 0.2) is 17.5 Å². The van der Waals surface area contributed by atoms with Gasteiger partial charge in [0.2, 0.25) is 0 Å². The van der Waals surface area contributed by atoms with Gasteiger partial charge in [-0.05, 0) is 23.3 Å². The summed E-state index contributed by atoms with van der Waals surface area (Å²) in [5, 5.41) is 16.5. The standard InChI is InChI=1S/C17H25N5OS/c1-17(2,3)15(12-6-5-11-24-12)19-16(23)18-9-8-14-21-20-13-7-4-10-22(13)14/h5-6,11,15H,4,7-10H2,1-3H3,(H2,18,19,23)/t15-/m1/s1. The Hall–Kier alpha value is -1.89. The lowest BCUT2D eigenvalue weighted by molar-refractivity contribution is 0.219. The third kappa shape index (κ3) is 3.77. The Balaban J connectivity index is 1.53. The van der Waals surface area contributed by atoms with Crippen LogP contribution in [-0.2, 0) is 19.4 Å². The molecular formula is C17H25N5OS. The number of nitrogens with zero attached hydrogens (tertiary/aromatic N) is 3. The summed E-state index contributed by atoms with van der Waals surface area (Å²) in [6.45, 7) is 7.96. The highest BCUT2D eigenvalue weighted by atomic mass is 32.1. The van der Waals surface area contributed by atoms with Crippen LogP contribution in [0.1, 0.15) is 49.8 Å². The molecule has 0 unspecified atom stereocenters. The van der Waals surface area contributed by atoms with Crippen LogP contribution in [0.3, 0.4) is 0 Å². The number of carbonyl (C=O) groups excluding carboxylic acids is 1. The topological polar surface area (TPSA) is 71.8 Å². The molecule has 1 aliphatic heterocycles. The number of nitrogens with one attached hydrogen (secondary N) is 2. The highest BCUT2D eigenvalue weighted by Crippen LogP contribution is 2.34. The second-order valence-electron chi connectivity index (χ2n) is 7.25. The summed E-state index contributed by atoms with van der Waals surface area (Å²) in [4.78, 5) is 13.5. The smallest absolute Gasteiger partial charge is 0.315 e. The van der Waals surface area contributed by atoms with Crippen molar-refractivity contribution in [1.29, 1.82) is 0 Å². The van der Waals surface area contributed by atoms with Crippen molar-refractivity contribution in [1.82, 2.24) is 25.4 Å². The fourth-order valence-electron chi connectivity index (χ4n) is 3.04. The molecule has 24 heavy (non-hydrogen) atoms. The summed E-state index contributed by atoms with van der Waals surface area (Å²) in [5.41, 5.74) is -0.0456. The number of aryl methyl sites for hydroxylation is 1. The van der Waals surface area contributed by atoms with Gasteiger partial charge in [0.15, 0.2) is 0 Å². The SMILES string of the molecule is CC(C)(C)[C@H](NC(=O)NCCc1nnc2n1CCC2)c1cccs1. The summed E-state index contributed by atoms with van der Waals surface area (Å²) < 4.78 is 2.17. The molecule has 2 N–H and O–H groups in total. The molecule has 130 valence electrons. The molecule has 3 rings (SSSR count). The number of hydrogen-bond acceptors (Lipinski definition) is 4. The zero-order valence-electron chi connectivity index (χ0n) is 14.5. The number of carbonyl (C=O) groups is 1. The van der Waals surface area contributed by atoms with Crippen molar-refractivity contribution >= 4 is 17.4 Å². The molecule has 0 bridgehead atoms. The molecule has 2 amide bonds. The minimum atomic E-state index is -0.135. The Bertz CT molecular complexity index is 686. The third-order valence-corrected chi connectivity index (χ3v) is 5.23. The van der Waals surface area contributed by atoms with Gasteiger partial charge in [0.25, 0.3) is 0 Å². The first-order valence-electron chi connectivity index (χ1n) is 8.44. The van der Waals surface area contributed by atoms with Gasteiger partial charge >= 0.3 is 6.03 Å². The maximum atomic E-state index is 12.3. The van der Waals surface area contributed by atoms with Crippen molar-refractivity contribution in [2.45, 2.75) is 52.6 Å². The van der Waals surface area contributed by atoms with E-state index in [9.17, 15) is 4.79 Å². The number of urea groups is 1. The number of amides is 2. The van der Waals surface area contributed by atoms with Crippen LogP contribution < -0.4 is 10.6 Å². The van der Waals surface area contributed by atoms with Gasteiger partial charge in [0.1, 0.15) is 11.6 Å². The van der Waals surface area contributed by atoms with Gasteiger partial charge < -0.3 is 15.2 Å². The van der Waals surface area contributed by atoms with Crippen LogP contribution in [-0.4, -0.2) is 27.3 Å². The van der Waals surface area contributed by atoms with Gasteiger partial charge in [-0.3, -0.25) is 0 Å². The van der Waals surface area contributed by atoms with E-state index in [1.165, 1.54) is 4.88 Å². The van der Waals surface area contributed by atoms with Crippen molar-refractivity contribution in [2.75, 3.05) is 6.54 Å². The molecular weight excluding hydrogens is 322 g/mol. The molecule has 3 heterocycles. The Kier molecular flexibility index (Phi) is 4.89. The number of thiophene rings is 1. The molecule has 0 radical (unpaired) electrons. The Labute approximate surface area is 146 Å². The molecule has 0 aliphatic carbocycles. The van der Waals surface area contributed by atoms with E-state index in [-0.39, 0.29) is 17.5 Å². The summed E-state index contributed by atoms with van der Waals surface area (Å²) in [6.07, 6.45) is 2.86. The van der Waals surface area contributed by atoms with Gasteiger partial charge in [-0.1, -0.05) is 26.8 Å². The van der Waals surface area contributed by atoms with Crippen LogP contribution in [0, 0.1) is 5.41 Å². The molecule has 0 fully saturated rings. The number of fused-ring (bicyclic) bond motifs is 1. The van der Waals surface area contributed by atoms with Gasteiger partial charge in [-0.15, -0.1) is 21.5 Å². The van der Waals surface area contributed by atoms with Crippen LogP contribution in [0.5, 0.6) is 0 Å². The predicted molar refractivity (Wildman–Crippen MR) is 95.1 cm³/mol. The van der Waals surface area contributed by atoms with E-state index < -0.39 is 0 Å². The summed E-state index contributed by atoms with van der Waals surface area (Å²) in [6, 6.07) is 3.95. The average Bonchev–Trinajstić information content (AvgIpc) is 3.22. The van der Waals surface area contributed by atoms with Crippen molar-refractivity contribution in [3.8, 4) is 0 Å². The van der Waals surface area contributed by atoms with E-state index >= 15 is 0 Å². The van der Waals surface area contributed by atoms with Crippen molar-refractivity contribution in [3.05, 3.63) is 34.0 Å². The van der Waals surface area contributed by atoms with Crippen LogP contribution >= 0.6 is 11.3 Å². The first-order chi connectivity index (χ1) is 11.4. The molecule has 0 spiro atoms. The maximum absolute atomic E-state index is 12.3. The normalized spacial score (nSPS) is 15.1. The molecule has 6 nitrogen and oxygen atoms in total. The predicted octanol–water partition coefficient (Wildman–Crippen LogP) is 2.91. The molecule has 0 saturated heterocycles. The highest BCUT2D eigenvalue weighted by molar-refractivity contribution is 7.10. The van der Waals surface area contributed by atoms with Crippen LogP contribution in [0.25, 0.3) is 0 Å². The molecule has 2 aromatic rings. The van der Waals surface area contributed by atoms with Crippen molar-refractivity contribution in [2.24, 2.45) is 5.41 Å². The molecule has 0 saturated carbocycles. The van der Waals surface area contributed by atoms with E-state index in [2.05, 4.69) is 52.2 Å². The second-order valence-corrected chi connectivity index (χ2v) is 8.23. The summed E-state index contributed by atoms with van der Waals surface area (Å²) in [7, 11) is 0. The number of rotatable bonds is 5. The number of hydrogen-bond donors (Lipinski definition) is 2. The fourth-order valence-corrected chi connectivity index (χ4v) is 4.06. The number of aromatic nitrogens is 3. The lowest BCUT2D eigenvalue weighted by Crippen LogP contribution is -2.43. The van der Waals surface area contributed by atoms with E-state index in [1.54, 1.807) is 11.3 Å². The lowest BCUT2D eigenvalue weighted by Gasteiger charge is -2.30. The second kappa shape index (κ2) is 6.93. The van der Waals surface area contributed by atoms with Crippen LogP contribution in [0.4, 0.5) is 4.79 Å². The minimum absolute atomic E-state index is 0.00478. The Morgan fingerprint density at radius 3 is 2.96 bits per heavy atom. The molecule has 1 atom stereocenters. The van der Waals surface area contributed by atoms with E-state index in [1.807, 2.05) is 11.4 Å². The average molecular weight is 347 g/mol. The quantitative estimate of drug-likeness (QED) is 0.873. The van der Waals surface area contributed by atoms with E-state index in [4.69, 9.17) is 0 Å².